The number of hydrogen-bond donors (Lipinski definition) is 1. The highest BCUT2D eigenvalue weighted by Gasteiger charge is 2.45. The summed E-state index contributed by atoms with van der Waals surface area (Å²) in [5, 5.41) is 10.9. The second-order valence-electron chi connectivity index (χ2n) is 7.47. The van der Waals surface area contributed by atoms with Gasteiger partial charge in [0.1, 0.15) is 11.6 Å². The Labute approximate surface area is 170 Å². The molecule has 0 saturated carbocycles. The number of amides is 1. The molecule has 0 radical (unpaired) electrons. The molecule has 0 aliphatic carbocycles. The van der Waals surface area contributed by atoms with E-state index in [1.54, 1.807) is 24.3 Å². The van der Waals surface area contributed by atoms with Gasteiger partial charge in [-0.3, -0.25) is 9.59 Å². The van der Waals surface area contributed by atoms with Crippen molar-refractivity contribution >= 4 is 17.4 Å². The lowest BCUT2D eigenvalue weighted by Gasteiger charge is -2.25. The third-order valence-electron chi connectivity index (χ3n) is 5.30. The average Bonchev–Trinajstić information content (AvgIpc) is 2.96. The normalized spacial score (nSPS) is 18.4. The minimum Gasteiger partial charge on any atom is -0.507 e. The number of aliphatic hydroxyl groups is 1. The van der Waals surface area contributed by atoms with Crippen LogP contribution in [0.2, 0.25) is 0 Å². The van der Waals surface area contributed by atoms with Gasteiger partial charge in [0.2, 0.25) is 0 Å². The summed E-state index contributed by atoms with van der Waals surface area (Å²) in [7, 11) is 0. The van der Waals surface area contributed by atoms with E-state index in [9.17, 15) is 19.1 Å². The molecule has 2 aromatic rings. The van der Waals surface area contributed by atoms with Crippen LogP contribution < -0.4 is 0 Å². The van der Waals surface area contributed by atoms with E-state index in [0.717, 1.165) is 31.2 Å². The highest BCUT2D eigenvalue weighted by molar-refractivity contribution is 6.46. The number of unbranched alkanes of at least 4 members (excludes halogenated alkanes) is 3. The molecule has 152 valence electrons. The maximum Gasteiger partial charge on any atom is 0.295 e. The van der Waals surface area contributed by atoms with E-state index in [0.29, 0.717) is 17.7 Å². The van der Waals surface area contributed by atoms with Gasteiger partial charge in [-0.15, -0.1) is 0 Å². The van der Waals surface area contributed by atoms with E-state index in [4.69, 9.17) is 0 Å². The first-order valence-electron chi connectivity index (χ1n) is 10.0. The summed E-state index contributed by atoms with van der Waals surface area (Å²) in [4.78, 5) is 27.1. The summed E-state index contributed by atoms with van der Waals surface area (Å²) in [6.07, 6.45) is 3.83. The van der Waals surface area contributed by atoms with Crippen LogP contribution >= 0.6 is 0 Å². The van der Waals surface area contributed by atoms with Crippen molar-refractivity contribution in [3.05, 3.63) is 76.6 Å². The topological polar surface area (TPSA) is 57.6 Å². The van der Waals surface area contributed by atoms with Gasteiger partial charge < -0.3 is 10.0 Å². The van der Waals surface area contributed by atoms with Gasteiger partial charge in [0.25, 0.3) is 11.7 Å². The Morgan fingerprint density at radius 3 is 2.28 bits per heavy atom. The molecule has 5 heteroatoms. The summed E-state index contributed by atoms with van der Waals surface area (Å²) in [6.45, 7) is 4.45. The third kappa shape index (κ3) is 4.39. The molecular formula is C24H26FNO3. The van der Waals surface area contributed by atoms with E-state index >= 15 is 0 Å². The first kappa shape index (κ1) is 20.8. The van der Waals surface area contributed by atoms with Gasteiger partial charge in [-0.25, -0.2) is 4.39 Å². The third-order valence-corrected chi connectivity index (χ3v) is 5.30. The van der Waals surface area contributed by atoms with Crippen molar-refractivity contribution in [2.45, 2.75) is 45.6 Å². The number of aryl methyl sites for hydroxylation is 1. The Hall–Kier alpha value is -2.95. The molecule has 4 nitrogen and oxygen atoms in total. The molecule has 2 aromatic carbocycles. The number of Topliss-reactive ketones (excluding diaryl/α,β-unsaturated/α-hetero) is 1. The molecular weight excluding hydrogens is 369 g/mol. The summed E-state index contributed by atoms with van der Waals surface area (Å²) >= 11 is 0. The number of carbonyl (C=O) groups excluding carboxylic acids is 2. The average molecular weight is 395 g/mol. The highest BCUT2D eigenvalue weighted by atomic mass is 19.1. The van der Waals surface area contributed by atoms with Crippen LogP contribution in [-0.4, -0.2) is 28.2 Å². The van der Waals surface area contributed by atoms with Gasteiger partial charge in [-0.05, 0) is 31.0 Å². The van der Waals surface area contributed by atoms with Crippen LogP contribution in [0.15, 0.2) is 54.1 Å². The van der Waals surface area contributed by atoms with E-state index < -0.39 is 23.5 Å². The van der Waals surface area contributed by atoms with Crippen molar-refractivity contribution < 1.29 is 19.1 Å². The molecule has 0 unspecified atom stereocenters. The number of likely N-dealkylation sites (tertiary alicyclic amines) is 1. The van der Waals surface area contributed by atoms with Gasteiger partial charge >= 0.3 is 0 Å². The predicted octanol–water partition coefficient (Wildman–Crippen LogP) is 5.14. The van der Waals surface area contributed by atoms with E-state index in [2.05, 4.69) is 6.92 Å². The zero-order valence-corrected chi connectivity index (χ0v) is 16.8. The minimum atomic E-state index is -0.724. The Morgan fingerprint density at radius 2 is 1.66 bits per heavy atom. The van der Waals surface area contributed by atoms with Crippen LogP contribution in [-0.2, 0) is 9.59 Å². The van der Waals surface area contributed by atoms with Crippen LogP contribution in [0.4, 0.5) is 4.39 Å². The monoisotopic (exact) mass is 395 g/mol. The lowest BCUT2D eigenvalue weighted by molar-refractivity contribution is -0.139. The van der Waals surface area contributed by atoms with Crippen molar-refractivity contribution in [1.29, 1.82) is 0 Å². The highest BCUT2D eigenvalue weighted by Crippen LogP contribution is 2.39. The van der Waals surface area contributed by atoms with Gasteiger partial charge in [0.15, 0.2) is 0 Å². The van der Waals surface area contributed by atoms with E-state index in [1.807, 2.05) is 19.1 Å². The molecule has 1 heterocycles. The number of halogens is 1. The van der Waals surface area contributed by atoms with Crippen molar-refractivity contribution in [2.75, 3.05) is 6.54 Å². The zero-order valence-electron chi connectivity index (χ0n) is 16.8. The molecule has 0 bridgehead atoms. The molecule has 0 aromatic heterocycles. The minimum absolute atomic E-state index is 0.0564. The smallest absolute Gasteiger partial charge is 0.295 e. The van der Waals surface area contributed by atoms with Crippen LogP contribution in [0.1, 0.15) is 55.3 Å². The van der Waals surface area contributed by atoms with Crippen molar-refractivity contribution in [3.8, 4) is 0 Å². The fraction of sp³-hybridized carbons (Fsp3) is 0.333. The fourth-order valence-electron chi connectivity index (χ4n) is 3.68. The summed E-state index contributed by atoms with van der Waals surface area (Å²) in [5.41, 5.74) is 2.16. The number of carbonyl (C=O) groups is 2. The molecule has 1 aliphatic rings. The Bertz CT molecular complexity index is 916. The predicted molar refractivity (Wildman–Crippen MR) is 111 cm³/mol. The first-order valence-corrected chi connectivity index (χ1v) is 10.0. The summed E-state index contributed by atoms with van der Waals surface area (Å²) < 4.78 is 13.5. The standard InChI is InChI=1S/C24H26FNO3/c1-3-4-5-6-15-26-21(17-11-13-19(25)14-12-17)20(23(28)24(26)29)22(27)18-9-7-16(2)8-10-18/h7-14,21,27H,3-6,15H2,1-2H3/b22-20+/t21-/m1/s1. The van der Waals surface area contributed by atoms with Gasteiger partial charge in [0, 0.05) is 12.1 Å². The number of rotatable bonds is 7. The number of aliphatic hydroxyl groups excluding tert-OH is 1. The molecule has 1 N–H and O–H groups in total. The lowest BCUT2D eigenvalue weighted by Crippen LogP contribution is -2.30. The molecule has 1 aliphatic heterocycles. The second-order valence-corrected chi connectivity index (χ2v) is 7.47. The fourth-order valence-corrected chi connectivity index (χ4v) is 3.68. The summed E-state index contributed by atoms with van der Waals surface area (Å²) in [5.74, 6) is -1.92. The Balaban J connectivity index is 2.05. The van der Waals surface area contributed by atoms with Gasteiger partial charge in [0.05, 0.1) is 11.6 Å². The van der Waals surface area contributed by atoms with Crippen LogP contribution in [0.5, 0.6) is 0 Å². The lowest BCUT2D eigenvalue weighted by atomic mass is 9.95. The Kier molecular flexibility index (Phi) is 6.47. The number of ketones is 1. The van der Waals surface area contributed by atoms with Crippen LogP contribution in [0, 0.1) is 12.7 Å². The largest absolute Gasteiger partial charge is 0.507 e. The first-order chi connectivity index (χ1) is 13.9. The van der Waals surface area contributed by atoms with Crippen molar-refractivity contribution in [2.24, 2.45) is 0 Å². The molecule has 1 fully saturated rings. The van der Waals surface area contributed by atoms with Crippen LogP contribution in [0.3, 0.4) is 0 Å². The zero-order chi connectivity index (χ0) is 21.0. The number of hydrogen-bond acceptors (Lipinski definition) is 3. The molecule has 29 heavy (non-hydrogen) atoms. The molecule has 0 spiro atoms. The molecule has 3 rings (SSSR count). The van der Waals surface area contributed by atoms with Crippen molar-refractivity contribution in [3.63, 3.8) is 0 Å². The maximum atomic E-state index is 13.5. The number of nitrogens with zero attached hydrogens (tertiary/aromatic N) is 1. The summed E-state index contributed by atoms with van der Waals surface area (Å²) in [6, 6.07) is 12.1. The van der Waals surface area contributed by atoms with E-state index in [1.165, 1.54) is 17.0 Å². The van der Waals surface area contributed by atoms with Crippen LogP contribution in [0.25, 0.3) is 5.76 Å². The molecule has 1 atom stereocenters. The molecule has 1 saturated heterocycles. The quantitative estimate of drug-likeness (QED) is 0.306. The second kappa shape index (κ2) is 9.03. The van der Waals surface area contributed by atoms with Gasteiger partial charge in [-0.1, -0.05) is 68.1 Å². The maximum absolute atomic E-state index is 13.5. The molecule has 1 amide bonds. The van der Waals surface area contributed by atoms with Crippen molar-refractivity contribution in [1.82, 2.24) is 4.90 Å². The number of benzene rings is 2. The van der Waals surface area contributed by atoms with E-state index in [-0.39, 0.29) is 11.3 Å². The Morgan fingerprint density at radius 1 is 1.00 bits per heavy atom. The van der Waals surface area contributed by atoms with Gasteiger partial charge in [-0.2, -0.15) is 0 Å². The SMILES string of the molecule is CCCCCCN1C(=O)C(=O)/C(=C(/O)c2ccc(C)cc2)[C@H]1c1ccc(F)cc1.